The van der Waals surface area contributed by atoms with Gasteiger partial charge in [0, 0.05) is 25.2 Å². The first-order valence-corrected chi connectivity index (χ1v) is 7.21. The molecule has 0 saturated carbocycles. The van der Waals surface area contributed by atoms with Gasteiger partial charge in [-0.05, 0) is 44.5 Å². The third kappa shape index (κ3) is 2.41. The average molecular weight is 263 g/mol. The highest BCUT2D eigenvalue weighted by Crippen LogP contribution is 2.31. The van der Waals surface area contributed by atoms with E-state index in [1.54, 1.807) is 12.1 Å². The van der Waals surface area contributed by atoms with Crippen molar-refractivity contribution in [1.82, 2.24) is 4.90 Å². The fourth-order valence-corrected chi connectivity index (χ4v) is 3.45. The van der Waals surface area contributed by atoms with Crippen LogP contribution in [0.25, 0.3) is 0 Å². The number of piperidine rings is 1. The van der Waals surface area contributed by atoms with Gasteiger partial charge in [0.05, 0.1) is 11.4 Å². The molecule has 3 nitrogen and oxygen atoms in total. The van der Waals surface area contributed by atoms with Gasteiger partial charge in [-0.2, -0.15) is 0 Å². The van der Waals surface area contributed by atoms with Crippen molar-refractivity contribution in [1.29, 1.82) is 0 Å². The van der Waals surface area contributed by atoms with Crippen LogP contribution in [0, 0.1) is 5.82 Å². The monoisotopic (exact) mass is 263 g/mol. The molecule has 2 aliphatic rings. The Morgan fingerprint density at radius 2 is 2.11 bits per heavy atom. The Balaban J connectivity index is 1.85. The molecule has 0 aliphatic carbocycles. The SMILES string of the molecule is CC1CN2CCCCC2CN1c1cc(F)ccc1N. The van der Waals surface area contributed by atoms with Crippen LogP contribution in [-0.2, 0) is 0 Å². The lowest BCUT2D eigenvalue weighted by Gasteiger charge is -2.48. The van der Waals surface area contributed by atoms with E-state index in [4.69, 9.17) is 5.73 Å². The predicted molar refractivity (Wildman–Crippen MR) is 76.8 cm³/mol. The number of nitrogens with zero attached hydrogens (tertiary/aromatic N) is 2. The number of benzene rings is 1. The average Bonchev–Trinajstić information content (AvgIpc) is 2.41. The maximum atomic E-state index is 13.5. The van der Waals surface area contributed by atoms with E-state index in [0.717, 1.165) is 18.8 Å². The zero-order valence-electron chi connectivity index (χ0n) is 11.5. The summed E-state index contributed by atoms with van der Waals surface area (Å²) in [6, 6.07) is 5.67. The fraction of sp³-hybridized carbons (Fsp3) is 0.600. The van der Waals surface area contributed by atoms with Crippen molar-refractivity contribution in [2.24, 2.45) is 0 Å². The first kappa shape index (κ1) is 12.7. The topological polar surface area (TPSA) is 32.5 Å². The summed E-state index contributed by atoms with van der Waals surface area (Å²) in [6.45, 7) is 5.44. The zero-order valence-corrected chi connectivity index (χ0v) is 11.5. The molecule has 0 radical (unpaired) electrons. The molecule has 2 atom stereocenters. The molecule has 0 amide bonds. The van der Waals surface area contributed by atoms with Crippen LogP contribution in [0.4, 0.5) is 15.8 Å². The third-order valence-corrected chi connectivity index (χ3v) is 4.49. The number of fused-ring (bicyclic) bond motifs is 1. The van der Waals surface area contributed by atoms with Crippen LogP contribution in [0.1, 0.15) is 26.2 Å². The van der Waals surface area contributed by atoms with E-state index in [2.05, 4.69) is 16.7 Å². The number of anilines is 2. The second-order valence-electron chi connectivity index (χ2n) is 5.85. The molecule has 2 aliphatic heterocycles. The summed E-state index contributed by atoms with van der Waals surface area (Å²) in [5, 5.41) is 0. The molecule has 19 heavy (non-hydrogen) atoms. The van der Waals surface area contributed by atoms with Crippen molar-refractivity contribution in [3.05, 3.63) is 24.0 Å². The number of rotatable bonds is 1. The van der Waals surface area contributed by atoms with Gasteiger partial charge >= 0.3 is 0 Å². The maximum Gasteiger partial charge on any atom is 0.125 e. The summed E-state index contributed by atoms with van der Waals surface area (Å²) in [4.78, 5) is 4.87. The van der Waals surface area contributed by atoms with E-state index in [9.17, 15) is 4.39 Å². The number of hydrogen-bond donors (Lipinski definition) is 1. The summed E-state index contributed by atoms with van der Waals surface area (Å²) in [5.41, 5.74) is 7.57. The molecule has 2 N–H and O–H groups in total. The van der Waals surface area contributed by atoms with Crippen LogP contribution in [-0.4, -0.2) is 36.6 Å². The lowest BCUT2D eigenvalue weighted by molar-refractivity contribution is 0.115. The summed E-state index contributed by atoms with van der Waals surface area (Å²) in [6.07, 6.45) is 3.87. The van der Waals surface area contributed by atoms with Crippen LogP contribution in [0.15, 0.2) is 18.2 Å². The van der Waals surface area contributed by atoms with Crippen molar-refractivity contribution in [3.63, 3.8) is 0 Å². The van der Waals surface area contributed by atoms with Gasteiger partial charge < -0.3 is 10.6 Å². The molecule has 3 rings (SSSR count). The van der Waals surface area contributed by atoms with E-state index in [0.29, 0.717) is 17.8 Å². The third-order valence-electron chi connectivity index (χ3n) is 4.49. The summed E-state index contributed by atoms with van der Waals surface area (Å²) in [5.74, 6) is -0.206. The van der Waals surface area contributed by atoms with E-state index in [1.807, 2.05) is 0 Å². The van der Waals surface area contributed by atoms with Crippen LogP contribution in [0.2, 0.25) is 0 Å². The Kier molecular flexibility index (Phi) is 3.35. The van der Waals surface area contributed by atoms with Gasteiger partial charge in [-0.1, -0.05) is 6.42 Å². The molecule has 4 heteroatoms. The Bertz CT molecular complexity index is 463. The largest absolute Gasteiger partial charge is 0.397 e. The molecular formula is C15H22FN3. The minimum Gasteiger partial charge on any atom is -0.397 e. The van der Waals surface area contributed by atoms with E-state index < -0.39 is 0 Å². The Hall–Kier alpha value is -1.29. The number of nitrogens with two attached hydrogens (primary N) is 1. The highest BCUT2D eigenvalue weighted by molar-refractivity contribution is 5.68. The molecule has 0 aromatic heterocycles. The van der Waals surface area contributed by atoms with Crippen LogP contribution >= 0.6 is 0 Å². The van der Waals surface area contributed by atoms with Gasteiger partial charge in [-0.15, -0.1) is 0 Å². The minimum absolute atomic E-state index is 0.206. The lowest BCUT2D eigenvalue weighted by Crippen LogP contribution is -2.59. The first-order chi connectivity index (χ1) is 9.15. The number of halogens is 1. The van der Waals surface area contributed by atoms with Gasteiger partial charge in [-0.25, -0.2) is 4.39 Å². The molecule has 0 spiro atoms. The molecule has 104 valence electrons. The van der Waals surface area contributed by atoms with Crippen molar-refractivity contribution in [2.75, 3.05) is 30.3 Å². The van der Waals surface area contributed by atoms with Gasteiger partial charge in [0.15, 0.2) is 0 Å². The molecule has 0 bridgehead atoms. The number of nitrogen functional groups attached to an aromatic ring is 1. The number of hydrogen-bond acceptors (Lipinski definition) is 3. The second-order valence-corrected chi connectivity index (χ2v) is 5.85. The Labute approximate surface area is 114 Å². The van der Waals surface area contributed by atoms with Crippen LogP contribution in [0.5, 0.6) is 0 Å². The number of piperazine rings is 1. The lowest BCUT2D eigenvalue weighted by atomic mass is 9.96. The van der Waals surface area contributed by atoms with Crippen molar-refractivity contribution < 1.29 is 4.39 Å². The summed E-state index contributed by atoms with van der Waals surface area (Å²) in [7, 11) is 0. The van der Waals surface area contributed by atoms with Gasteiger partial charge in [0.25, 0.3) is 0 Å². The summed E-state index contributed by atoms with van der Waals surface area (Å²) < 4.78 is 13.5. The molecule has 2 fully saturated rings. The van der Waals surface area contributed by atoms with Crippen LogP contribution < -0.4 is 10.6 Å². The van der Waals surface area contributed by atoms with Crippen molar-refractivity contribution in [3.8, 4) is 0 Å². The first-order valence-electron chi connectivity index (χ1n) is 7.21. The van der Waals surface area contributed by atoms with Crippen molar-refractivity contribution in [2.45, 2.75) is 38.3 Å². The van der Waals surface area contributed by atoms with Gasteiger partial charge in [-0.3, -0.25) is 4.90 Å². The maximum absolute atomic E-state index is 13.5. The second kappa shape index (κ2) is 5.00. The van der Waals surface area contributed by atoms with Gasteiger partial charge in [0.1, 0.15) is 5.82 Å². The van der Waals surface area contributed by atoms with E-state index in [1.165, 1.54) is 31.9 Å². The van der Waals surface area contributed by atoms with E-state index in [-0.39, 0.29) is 5.82 Å². The molecular weight excluding hydrogens is 241 g/mol. The Morgan fingerprint density at radius 1 is 1.26 bits per heavy atom. The standard InChI is InChI=1S/C15H22FN3/c1-11-9-18-7-3-2-4-13(18)10-19(11)15-8-12(16)5-6-14(15)17/h5-6,8,11,13H,2-4,7,9-10,17H2,1H3. The van der Waals surface area contributed by atoms with Gasteiger partial charge in [0.2, 0.25) is 0 Å². The molecule has 2 saturated heterocycles. The normalized spacial score (nSPS) is 28.2. The fourth-order valence-electron chi connectivity index (χ4n) is 3.45. The highest BCUT2D eigenvalue weighted by atomic mass is 19.1. The molecule has 1 aromatic rings. The quantitative estimate of drug-likeness (QED) is 0.790. The predicted octanol–water partition coefficient (Wildman–Crippen LogP) is 2.47. The molecule has 1 aromatic carbocycles. The highest BCUT2D eigenvalue weighted by Gasteiger charge is 2.33. The molecule has 2 unspecified atom stereocenters. The summed E-state index contributed by atoms with van der Waals surface area (Å²) >= 11 is 0. The zero-order chi connectivity index (χ0) is 13.4. The van der Waals surface area contributed by atoms with E-state index >= 15 is 0 Å². The van der Waals surface area contributed by atoms with Crippen molar-refractivity contribution >= 4 is 11.4 Å². The minimum atomic E-state index is -0.206. The molecule has 2 heterocycles. The Morgan fingerprint density at radius 3 is 2.95 bits per heavy atom. The van der Waals surface area contributed by atoms with Crippen LogP contribution in [0.3, 0.4) is 0 Å². The smallest absolute Gasteiger partial charge is 0.125 e.